The highest BCUT2D eigenvalue weighted by atomic mass is 127. The maximum absolute atomic E-state index is 12.9. The van der Waals surface area contributed by atoms with Crippen molar-refractivity contribution < 1.29 is 9.18 Å². The number of likely N-dealkylation sites (tertiary alicyclic amines) is 1. The van der Waals surface area contributed by atoms with Crippen molar-refractivity contribution in [2.75, 3.05) is 53.1 Å². The molecule has 1 aliphatic heterocycles. The zero-order valence-electron chi connectivity index (χ0n) is 18.2. The molecule has 1 fully saturated rings. The van der Waals surface area contributed by atoms with Crippen molar-refractivity contribution in [3.8, 4) is 0 Å². The van der Waals surface area contributed by atoms with Gasteiger partial charge in [0.2, 0.25) is 5.91 Å². The van der Waals surface area contributed by atoms with Crippen LogP contribution in [0.4, 0.5) is 4.39 Å². The molecule has 0 spiro atoms. The summed E-state index contributed by atoms with van der Waals surface area (Å²) in [6.07, 6.45) is 4.02. The first kappa shape index (κ1) is 27.0. The van der Waals surface area contributed by atoms with Gasteiger partial charge in [-0.1, -0.05) is 0 Å². The van der Waals surface area contributed by atoms with Gasteiger partial charge in [0.1, 0.15) is 5.82 Å². The van der Waals surface area contributed by atoms with Crippen molar-refractivity contribution in [1.29, 1.82) is 0 Å². The minimum Gasteiger partial charge on any atom is -0.356 e. The molecule has 0 aliphatic carbocycles. The molecular formula is C21H35FIN5OS. The molecule has 2 N–H and O–H groups in total. The Morgan fingerprint density at radius 3 is 2.53 bits per heavy atom. The van der Waals surface area contributed by atoms with E-state index in [0.29, 0.717) is 0 Å². The quantitative estimate of drug-likeness (QED) is 0.154. The lowest BCUT2D eigenvalue weighted by Crippen LogP contribution is -2.44. The molecular weight excluding hydrogens is 516 g/mol. The second-order valence-electron chi connectivity index (χ2n) is 7.36. The van der Waals surface area contributed by atoms with Crippen LogP contribution in [0.5, 0.6) is 0 Å². The third kappa shape index (κ3) is 9.38. The van der Waals surface area contributed by atoms with Gasteiger partial charge in [-0.05, 0) is 62.2 Å². The highest BCUT2D eigenvalue weighted by Crippen LogP contribution is 2.19. The number of nitrogens with one attached hydrogen (secondary N) is 2. The molecule has 1 amide bonds. The number of aliphatic imine (C=N–C) groups is 1. The Morgan fingerprint density at radius 1 is 1.23 bits per heavy atom. The Balaban J connectivity index is 0.00000450. The number of likely N-dealkylation sites (N-methyl/N-ethyl adjacent to an activating group) is 1. The molecule has 0 radical (unpaired) electrons. The minimum atomic E-state index is -0.199. The van der Waals surface area contributed by atoms with E-state index >= 15 is 0 Å². The summed E-state index contributed by atoms with van der Waals surface area (Å²) in [7, 11) is 5.43. The van der Waals surface area contributed by atoms with E-state index in [2.05, 4.69) is 20.5 Å². The number of hydrogen-bond donors (Lipinski definition) is 2. The van der Waals surface area contributed by atoms with Gasteiger partial charge in [0, 0.05) is 45.7 Å². The molecule has 6 nitrogen and oxygen atoms in total. The van der Waals surface area contributed by atoms with Crippen LogP contribution in [0.1, 0.15) is 25.7 Å². The summed E-state index contributed by atoms with van der Waals surface area (Å²) in [5.41, 5.74) is 0. The lowest BCUT2D eigenvalue weighted by molar-refractivity contribution is -0.133. The first-order chi connectivity index (χ1) is 14.0. The Bertz CT molecular complexity index is 659. The molecule has 2 rings (SSSR count). The van der Waals surface area contributed by atoms with Gasteiger partial charge in [-0.3, -0.25) is 14.7 Å². The number of guanidine groups is 1. The monoisotopic (exact) mass is 551 g/mol. The predicted molar refractivity (Wildman–Crippen MR) is 134 cm³/mol. The van der Waals surface area contributed by atoms with Gasteiger partial charge in [-0.25, -0.2) is 4.39 Å². The van der Waals surface area contributed by atoms with E-state index in [1.54, 1.807) is 23.7 Å². The predicted octanol–water partition coefficient (Wildman–Crippen LogP) is 3.03. The third-order valence-corrected chi connectivity index (χ3v) is 6.02. The summed E-state index contributed by atoms with van der Waals surface area (Å²) >= 11 is 1.72. The molecule has 1 saturated heterocycles. The van der Waals surface area contributed by atoms with Crippen LogP contribution in [0.3, 0.4) is 0 Å². The molecule has 0 aromatic heterocycles. The molecule has 1 unspecified atom stereocenters. The molecule has 1 aromatic carbocycles. The van der Waals surface area contributed by atoms with Crippen molar-refractivity contribution in [3.63, 3.8) is 0 Å². The molecule has 0 saturated carbocycles. The Kier molecular flexibility index (Phi) is 13.3. The number of halogens is 2. The van der Waals surface area contributed by atoms with E-state index in [9.17, 15) is 9.18 Å². The van der Waals surface area contributed by atoms with Crippen LogP contribution in [0.15, 0.2) is 34.2 Å². The molecule has 9 heteroatoms. The topological polar surface area (TPSA) is 60.0 Å². The van der Waals surface area contributed by atoms with Gasteiger partial charge in [-0.15, -0.1) is 35.7 Å². The molecule has 170 valence electrons. The summed E-state index contributed by atoms with van der Waals surface area (Å²) < 4.78 is 12.9. The van der Waals surface area contributed by atoms with E-state index in [0.717, 1.165) is 68.5 Å². The highest BCUT2D eigenvalue weighted by molar-refractivity contribution is 14.0. The van der Waals surface area contributed by atoms with Crippen LogP contribution in [0, 0.1) is 5.82 Å². The third-order valence-electron chi connectivity index (χ3n) is 4.92. The van der Waals surface area contributed by atoms with E-state index < -0.39 is 0 Å². The number of carbonyl (C=O) groups is 1. The summed E-state index contributed by atoms with van der Waals surface area (Å²) in [6.45, 7) is 3.58. The smallest absolute Gasteiger partial charge is 0.239 e. The summed E-state index contributed by atoms with van der Waals surface area (Å²) in [6, 6.07) is 6.65. The fraction of sp³-hybridized carbons (Fsp3) is 0.619. The van der Waals surface area contributed by atoms with Crippen molar-refractivity contribution in [3.05, 3.63) is 30.1 Å². The SMILES string of the molecule is CN=C(NCCCSc1ccc(F)cc1)NCCCN1CCCC1C(=O)N(C)C.I. The van der Waals surface area contributed by atoms with Gasteiger partial charge in [-0.2, -0.15) is 0 Å². The highest BCUT2D eigenvalue weighted by Gasteiger charge is 2.30. The van der Waals surface area contributed by atoms with E-state index in [1.807, 2.05) is 26.2 Å². The summed E-state index contributed by atoms with van der Waals surface area (Å²) in [5.74, 6) is 1.78. The molecule has 1 atom stereocenters. The van der Waals surface area contributed by atoms with Gasteiger partial charge in [0.15, 0.2) is 5.96 Å². The Hall–Kier alpha value is -1.07. The standard InChI is InChI=1S/C21H34FN5OS.HI/c1-23-21(25-13-6-16-29-18-10-8-17(22)9-11-18)24-12-5-15-27-14-4-7-19(27)20(28)26(2)3;/h8-11,19H,4-7,12-16H2,1-3H3,(H2,23,24,25);1H. The molecule has 1 heterocycles. The van der Waals surface area contributed by atoms with Crippen molar-refractivity contribution in [1.82, 2.24) is 20.4 Å². The molecule has 30 heavy (non-hydrogen) atoms. The minimum absolute atomic E-state index is 0. The lowest BCUT2D eigenvalue weighted by atomic mass is 10.2. The number of benzene rings is 1. The summed E-state index contributed by atoms with van der Waals surface area (Å²) in [4.78, 5) is 21.6. The number of nitrogens with zero attached hydrogens (tertiary/aromatic N) is 3. The normalized spacial score (nSPS) is 16.8. The van der Waals surface area contributed by atoms with E-state index in [-0.39, 0.29) is 41.7 Å². The van der Waals surface area contributed by atoms with Crippen LogP contribution in [-0.4, -0.2) is 80.8 Å². The summed E-state index contributed by atoms with van der Waals surface area (Å²) in [5, 5.41) is 6.67. The van der Waals surface area contributed by atoms with Crippen molar-refractivity contribution in [2.24, 2.45) is 4.99 Å². The number of thioether (sulfide) groups is 1. The number of hydrogen-bond acceptors (Lipinski definition) is 4. The van der Waals surface area contributed by atoms with E-state index in [1.165, 1.54) is 12.1 Å². The van der Waals surface area contributed by atoms with E-state index in [4.69, 9.17) is 0 Å². The van der Waals surface area contributed by atoms with Crippen LogP contribution < -0.4 is 10.6 Å². The Labute approximate surface area is 201 Å². The van der Waals surface area contributed by atoms with Gasteiger partial charge >= 0.3 is 0 Å². The molecule has 1 aromatic rings. The lowest BCUT2D eigenvalue weighted by Gasteiger charge is -2.26. The van der Waals surface area contributed by atoms with Gasteiger partial charge < -0.3 is 15.5 Å². The molecule has 0 bridgehead atoms. The zero-order valence-corrected chi connectivity index (χ0v) is 21.3. The second kappa shape index (κ2) is 14.9. The van der Waals surface area contributed by atoms with Crippen LogP contribution in [0.25, 0.3) is 0 Å². The second-order valence-corrected chi connectivity index (χ2v) is 8.53. The van der Waals surface area contributed by atoms with Crippen molar-refractivity contribution in [2.45, 2.75) is 36.6 Å². The van der Waals surface area contributed by atoms with Crippen LogP contribution in [-0.2, 0) is 4.79 Å². The fourth-order valence-corrected chi connectivity index (χ4v) is 4.23. The largest absolute Gasteiger partial charge is 0.356 e. The number of amides is 1. The number of rotatable bonds is 10. The first-order valence-electron chi connectivity index (χ1n) is 10.3. The first-order valence-corrected chi connectivity index (χ1v) is 11.3. The Morgan fingerprint density at radius 2 is 1.90 bits per heavy atom. The van der Waals surface area contributed by atoms with Crippen LogP contribution >= 0.6 is 35.7 Å². The van der Waals surface area contributed by atoms with Gasteiger partial charge in [0.25, 0.3) is 0 Å². The maximum Gasteiger partial charge on any atom is 0.239 e. The van der Waals surface area contributed by atoms with Gasteiger partial charge in [0.05, 0.1) is 6.04 Å². The average molecular weight is 552 g/mol. The van der Waals surface area contributed by atoms with Crippen LogP contribution in [0.2, 0.25) is 0 Å². The average Bonchev–Trinajstić information content (AvgIpc) is 3.18. The molecule has 1 aliphatic rings. The van der Waals surface area contributed by atoms with Crippen molar-refractivity contribution >= 4 is 47.6 Å². The fourth-order valence-electron chi connectivity index (χ4n) is 3.38. The number of carbonyl (C=O) groups excluding carboxylic acids is 1. The zero-order chi connectivity index (χ0) is 21.1. The maximum atomic E-state index is 12.9.